The molecule has 0 aromatic carbocycles. The van der Waals surface area contributed by atoms with Crippen LogP contribution in [0.15, 0.2) is 0 Å². The van der Waals surface area contributed by atoms with Crippen molar-refractivity contribution in [2.45, 2.75) is 83.1 Å². The molecular weight excluding hydrogens is 316 g/mol. The molecule has 0 aliphatic carbocycles. The summed E-state index contributed by atoms with van der Waals surface area (Å²) in [6.45, 7) is 14.3. The molecule has 0 unspecified atom stereocenters. The van der Waals surface area contributed by atoms with Gasteiger partial charge in [0.15, 0.2) is 32.3 Å². The largest absolute Gasteiger partial charge is 0.409 e. The van der Waals surface area contributed by atoms with Crippen LogP contribution in [0, 0.1) is 0 Å². The number of ketones is 1. The van der Waals surface area contributed by atoms with Gasteiger partial charge in [-0.2, -0.15) is 0 Å². The molecule has 0 bridgehead atoms. The Morgan fingerprint density at radius 3 is 2.35 bits per heavy atom. The minimum Gasteiger partial charge on any atom is -0.409 e. The smallest absolute Gasteiger partial charge is 0.192 e. The molecule has 6 nitrogen and oxygen atoms in total. The lowest BCUT2D eigenvalue weighted by Crippen LogP contribution is -2.46. The lowest BCUT2D eigenvalue weighted by atomic mass is 10.1. The molecular formula is C16H30O6Si. The first-order valence-electron chi connectivity index (χ1n) is 8.08. The Labute approximate surface area is 139 Å². The highest BCUT2D eigenvalue weighted by atomic mass is 28.4. The highest BCUT2D eigenvalue weighted by Gasteiger charge is 2.57. The van der Waals surface area contributed by atoms with Crippen LogP contribution in [-0.2, 0) is 28.2 Å². The first kappa shape index (κ1) is 19.0. The van der Waals surface area contributed by atoms with Crippen LogP contribution in [-0.4, -0.2) is 58.2 Å². The summed E-state index contributed by atoms with van der Waals surface area (Å²) in [4.78, 5) is 12.6. The molecule has 2 rings (SSSR count). The van der Waals surface area contributed by atoms with Crippen molar-refractivity contribution in [3.8, 4) is 0 Å². The van der Waals surface area contributed by atoms with Gasteiger partial charge in [-0.05, 0) is 32.0 Å². The molecule has 2 aliphatic rings. The summed E-state index contributed by atoms with van der Waals surface area (Å²) >= 11 is 0. The van der Waals surface area contributed by atoms with Crippen LogP contribution in [0.3, 0.4) is 0 Å². The molecule has 7 heteroatoms. The summed E-state index contributed by atoms with van der Waals surface area (Å²) < 4.78 is 28.7. The van der Waals surface area contributed by atoms with Crippen LogP contribution >= 0.6 is 0 Å². The monoisotopic (exact) mass is 346 g/mol. The van der Waals surface area contributed by atoms with Gasteiger partial charge in [0.1, 0.15) is 12.2 Å². The van der Waals surface area contributed by atoms with Crippen molar-refractivity contribution in [1.82, 2.24) is 0 Å². The van der Waals surface area contributed by atoms with E-state index < -0.39 is 38.7 Å². The maximum absolute atomic E-state index is 12.6. The SMILES string of the molecule is CO[C@@H]1[C@H]2OC(C)(C)O[C@H]2O[C@@H]1C(=O)CO[Si](C)(C)C(C)(C)C. The minimum atomic E-state index is -1.98. The molecule has 2 fully saturated rings. The Morgan fingerprint density at radius 2 is 1.83 bits per heavy atom. The van der Waals surface area contributed by atoms with Crippen molar-refractivity contribution in [2.24, 2.45) is 0 Å². The molecule has 0 radical (unpaired) electrons. The van der Waals surface area contributed by atoms with Gasteiger partial charge >= 0.3 is 0 Å². The Hall–Kier alpha value is -0.313. The van der Waals surface area contributed by atoms with Gasteiger partial charge in [-0.1, -0.05) is 20.8 Å². The van der Waals surface area contributed by atoms with Gasteiger partial charge < -0.3 is 23.4 Å². The van der Waals surface area contributed by atoms with E-state index in [2.05, 4.69) is 33.9 Å². The summed E-state index contributed by atoms with van der Waals surface area (Å²) in [6, 6.07) is 0. The highest BCUT2D eigenvalue weighted by Crippen LogP contribution is 2.39. The zero-order chi connectivity index (χ0) is 17.6. The summed E-state index contributed by atoms with van der Waals surface area (Å²) in [5.41, 5.74) is 0. The molecule has 4 atom stereocenters. The van der Waals surface area contributed by atoms with Gasteiger partial charge in [0, 0.05) is 7.11 Å². The molecule has 134 valence electrons. The molecule has 0 aromatic rings. The lowest BCUT2D eigenvalue weighted by Gasteiger charge is -2.36. The fourth-order valence-electron chi connectivity index (χ4n) is 2.55. The number of rotatable bonds is 5. The summed E-state index contributed by atoms with van der Waals surface area (Å²) in [5, 5.41) is 0.0528. The Bertz CT molecular complexity index is 456. The predicted octanol–water partition coefficient (Wildman–Crippen LogP) is 2.47. The topological polar surface area (TPSA) is 63.2 Å². The van der Waals surface area contributed by atoms with E-state index >= 15 is 0 Å². The van der Waals surface area contributed by atoms with Crippen LogP contribution in [0.4, 0.5) is 0 Å². The van der Waals surface area contributed by atoms with Gasteiger partial charge in [0.2, 0.25) is 0 Å². The van der Waals surface area contributed by atoms with Crippen LogP contribution in [0.2, 0.25) is 18.1 Å². The second-order valence-electron chi connectivity index (χ2n) is 8.24. The van der Waals surface area contributed by atoms with Crippen molar-refractivity contribution >= 4 is 14.1 Å². The van der Waals surface area contributed by atoms with E-state index in [0.29, 0.717) is 0 Å². The highest BCUT2D eigenvalue weighted by molar-refractivity contribution is 6.74. The molecule has 0 amide bonds. The molecule has 0 aromatic heterocycles. The fourth-order valence-corrected chi connectivity index (χ4v) is 3.48. The predicted molar refractivity (Wildman–Crippen MR) is 87.7 cm³/mol. The second kappa shape index (κ2) is 6.20. The summed E-state index contributed by atoms with van der Waals surface area (Å²) in [5.74, 6) is -0.848. The molecule has 0 N–H and O–H groups in total. The number of hydrogen-bond acceptors (Lipinski definition) is 6. The molecule has 2 saturated heterocycles. The second-order valence-corrected chi connectivity index (χ2v) is 13.1. The van der Waals surface area contributed by atoms with Crippen LogP contribution in [0.25, 0.3) is 0 Å². The Balaban J connectivity index is 1.99. The minimum absolute atomic E-state index is 0.0316. The van der Waals surface area contributed by atoms with E-state index in [9.17, 15) is 4.79 Å². The quantitative estimate of drug-likeness (QED) is 0.713. The molecule has 23 heavy (non-hydrogen) atoms. The average Bonchev–Trinajstić information content (AvgIpc) is 2.85. The first-order chi connectivity index (χ1) is 10.4. The average molecular weight is 346 g/mol. The summed E-state index contributed by atoms with van der Waals surface area (Å²) in [6.07, 6.45) is -2.15. The van der Waals surface area contributed by atoms with Crippen molar-refractivity contribution in [2.75, 3.05) is 13.7 Å². The van der Waals surface area contributed by atoms with E-state index in [1.807, 2.05) is 13.8 Å². The van der Waals surface area contributed by atoms with E-state index in [1.165, 1.54) is 0 Å². The van der Waals surface area contributed by atoms with Crippen LogP contribution in [0.1, 0.15) is 34.6 Å². The zero-order valence-corrected chi connectivity index (χ0v) is 16.5. The third-order valence-electron chi connectivity index (χ3n) is 4.96. The van der Waals surface area contributed by atoms with E-state index in [1.54, 1.807) is 7.11 Å². The standard InChI is InChI=1S/C16H30O6Si/c1-15(2,3)23(7,8)19-9-10(17)11-12(18-6)13-14(20-11)22-16(4,5)21-13/h11-14H,9H2,1-8H3/t11-,12+,13-,14-/m1/s1. The molecule has 0 spiro atoms. The number of methoxy groups -OCH3 is 1. The third kappa shape index (κ3) is 3.86. The van der Waals surface area contributed by atoms with Gasteiger partial charge in [0.25, 0.3) is 0 Å². The third-order valence-corrected chi connectivity index (χ3v) is 9.44. The number of carbonyl (C=O) groups is 1. The van der Waals surface area contributed by atoms with Crippen LogP contribution in [0.5, 0.6) is 0 Å². The van der Waals surface area contributed by atoms with Crippen molar-refractivity contribution in [3.63, 3.8) is 0 Å². The maximum atomic E-state index is 12.6. The molecule has 2 heterocycles. The van der Waals surface area contributed by atoms with Crippen LogP contribution < -0.4 is 0 Å². The number of hydrogen-bond donors (Lipinski definition) is 0. The number of ether oxygens (including phenoxy) is 4. The van der Waals surface area contributed by atoms with Gasteiger partial charge in [-0.15, -0.1) is 0 Å². The van der Waals surface area contributed by atoms with Crippen molar-refractivity contribution in [3.05, 3.63) is 0 Å². The van der Waals surface area contributed by atoms with Crippen molar-refractivity contribution in [1.29, 1.82) is 0 Å². The Morgan fingerprint density at radius 1 is 1.22 bits per heavy atom. The number of carbonyl (C=O) groups excluding carboxylic acids is 1. The number of Topliss-reactive ketones (excluding diaryl/α,β-unsaturated/α-hetero) is 1. The number of fused-ring (bicyclic) bond motifs is 1. The van der Waals surface area contributed by atoms with E-state index in [0.717, 1.165) is 0 Å². The first-order valence-corrected chi connectivity index (χ1v) is 11.0. The van der Waals surface area contributed by atoms with E-state index in [-0.39, 0.29) is 17.4 Å². The molecule has 0 saturated carbocycles. The molecule has 2 aliphatic heterocycles. The normalized spacial score (nSPS) is 33.7. The van der Waals surface area contributed by atoms with Gasteiger partial charge in [0.05, 0.1) is 6.61 Å². The summed E-state index contributed by atoms with van der Waals surface area (Å²) in [7, 11) is -0.426. The fraction of sp³-hybridized carbons (Fsp3) is 0.938. The maximum Gasteiger partial charge on any atom is 0.192 e. The van der Waals surface area contributed by atoms with Gasteiger partial charge in [-0.25, -0.2) is 0 Å². The van der Waals surface area contributed by atoms with E-state index in [4.69, 9.17) is 23.4 Å². The Kier molecular flexibility index (Phi) is 5.13. The van der Waals surface area contributed by atoms with Gasteiger partial charge in [-0.3, -0.25) is 4.79 Å². The zero-order valence-electron chi connectivity index (χ0n) is 15.5. The lowest BCUT2D eigenvalue weighted by molar-refractivity contribution is -0.216. The van der Waals surface area contributed by atoms with Crippen molar-refractivity contribution < 1.29 is 28.2 Å².